The van der Waals surface area contributed by atoms with Crippen LogP contribution >= 0.6 is 0 Å². The van der Waals surface area contributed by atoms with E-state index in [1.165, 1.54) is 4.90 Å². The summed E-state index contributed by atoms with van der Waals surface area (Å²) in [5.41, 5.74) is 1.89. The van der Waals surface area contributed by atoms with Crippen LogP contribution in [0.15, 0.2) is 36.5 Å². The number of imide groups is 1. The Morgan fingerprint density at radius 2 is 1.88 bits per heavy atom. The molecule has 2 saturated heterocycles. The van der Waals surface area contributed by atoms with Gasteiger partial charge in [0.15, 0.2) is 0 Å². The lowest BCUT2D eigenvalue weighted by atomic mass is 10.1. The summed E-state index contributed by atoms with van der Waals surface area (Å²) in [6.45, 7) is 2.61. The fourth-order valence-corrected chi connectivity index (χ4v) is 4.26. The Bertz CT molecular complexity index is 1050. The Morgan fingerprint density at radius 1 is 1.09 bits per heavy atom. The van der Waals surface area contributed by atoms with E-state index in [9.17, 15) is 19.2 Å². The number of aryl methyl sites for hydroxylation is 1. The normalized spacial score (nSPS) is 18.5. The minimum Gasteiger partial charge on any atom is -0.334 e. The summed E-state index contributed by atoms with van der Waals surface area (Å²) in [6, 6.07) is 8.55. The van der Waals surface area contributed by atoms with Crippen molar-refractivity contribution >= 4 is 29.4 Å². The molecule has 2 aliphatic heterocycles. The third-order valence-electron chi connectivity index (χ3n) is 6.00. The number of likely N-dealkylation sites (tertiary alicyclic amines) is 2. The van der Waals surface area contributed by atoms with E-state index in [-0.39, 0.29) is 48.3 Å². The van der Waals surface area contributed by atoms with Crippen molar-refractivity contribution in [1.29, 1.82) is 0 Å². The number of hydrogen-bond donors (Lipinski definition) is 1. The first kappa shape index (κ1) is 22.6. The van der Waals surface area contributed by atoms with Crippen LogP contribution in [0.5, 0.6) is 0 Å². The molecule has 1 atom stereocenters. The van der Waals surface area contributed by atoms with E-state index in [0.29, 0.717) is 37.3 Å². The molecule has 0 unspecified atom stereocenters. The van der Waals surface area contributed by atoms with Crippen molar-refractivity contribution in [1.82, 2.24) is 19.8 Å². The van der Waals surface area contributed by atoms with Gasteiger partial charge in [0, 0.05) is 38.5 Å². The molecule has 2 fully saturated rings. The SMILES string of the molecule is Cc1ccc(NC(=O)c2cccc([C@@H]3CCCN3C(=O)CCN3C(=O)CCCC3=O)n2)nc1. The van der Waals surface area contributed by atoms with E-state index in [2.05, 4.69) is 15.3 Å². The number of pyridine rings is 2. The van der Waals surface area contributed by atoms with Crippen LogP contribution in [-0.2, 0) is 14.4 Å². The highest BCUT2D eigenvalue weighted by Crippen LogP contribution is 2.31. The van der Waals surface area contributed by atoms with Gasteiger partial charge < -0.3 is 10.2 Å². The van der Waals surface area contributed by atoms with Crippen LogP contribution < -0.4 is 5.32 Å². The monoisotopic (exact) mass is 449 g/mol. The third-order valence-corrected chi connectivity index (χ3v) is 6.00. The molecule has 9 heteroatoms. The summed E-state index contributed by atoms with van der Waals surface area (Å²) >= 11 is 0. The van der Waals surface area contributed by atoms with E-state index in [1.54, 1.807) is 29.3 Å². The molecule has 2 aromatic rings. The van der Waals surface area contributed by atoms with Gasteiger partial charge in [-0.1, -0.05) is 12.1 Å². The van der Waals surface area contributed by atoms with Crippen molar-refractivity contribution in [3.05, 3.63) is 53.5 Å². The summed E-state index contributed by atoms with van der Waals surface area (Å²) < 4.78 is 0. The van der Waals surface area contributed by atoms with Gasteiger partial charge in [-0.2, -0.15) is 0 Å². The molecule has 0 saturated carbocycles. The summed E-state index contributed by atoms with van der Waals surface area (Å²) in [7, 11) is 0. The number of nitrogens with zero attached hydrogens (tertiary/aromatic N) is 4. The highest BCUT2D eigenvalue weighted by molar-refractivity contribution is 6.02. The smallest absolute Gasteiger partial charge is 0.275 e. The number of anilines is 1. The lowest BCUT2D eigenvalue weighted by Gasteiger charge is -2.28. The quantitative estimate of drug-likeness (QED) is 0.679. The van der Waals surface area contributed by atoms with Crippen LogP contribution in [0.1, 0.15) is 66.3 Å². The number of aromatic nitrogens is 2. The molecule has 4 amide bonds. The van der Waals surface area contributed by atoms with Gasteiger partial charge in [0.25, 0.3) is 5.91 Å². The lowest BCUT2D eigenvalue weighted by Crippen LogP contribution is -2.42. The van der Waals surface area contributed by atoms with Crippen molar-refractivity contribution in [2.45, 2.75) is 51.5 Å². The van der Waals surface area contributed by atoms with Crippen molar-refractivity contribution in [2.24, 2.45) is 0 Å². The topological polar surface area (TPSA) is 113 Å². The number of hydrogen-bond acceptors (Lipinski definition) is 6. The zero-order chi connectivity index (χ0) is 23.4. The van der Waals surface area contributed by atoms with Crippen molar-refractivity contribution in [3.63, 3.8) is 0 Å². The number of carbonyl (C=O) groups is 4. The average molecular weight is 450 g/mol. The van der Waals surface area contributed by atoms with Crippen LogP contribution in [0.25, 0.3) is 0 Å². The molecule has 33 heavy (non-hydrogen) atoms. The number of piperidine rings is 1. The number of carbonyl (C=O) groups excluding carboxylic acids is 4. The molecule has 1 N–H and O–H groups in total. The van der Waals surface area contributed by atoms with E-state index >= 15 is 0 Å². The second-order valence-corrected chi connectivity index (χ2v) is 8.41. The van der Waals surface area contributed by atoms with Crippen LogP contribution in [0.3, 0.4) is 0 Å². The van der Waals surface area contributed by atoms with Crippen LogP contribution in [0.2, 0.25) is 0 Å². The fraction of sp³-hybridized carbons (Fsp3) is 0.417. The van der Waals surface area contributed by atoms with Gasteiger partial charge in [-0.3, -0.25) is 24.1 Å². The van der Waals surface area contributed by atoms with E-state index in [1.807, 2.05) is 19.1 Å². The van der Waals surface area contributed by atoms with Crippen LogP contribution in [0, 0.1) is 6.92 Å². The minimum absolute atomic E-state index is 0.0905. The molecule has 4 rings (SSSR count). The maximum Gasteiger partial charge on any atom is 0.275 e. The molecule has 9 nitrogen and oxygen atoms in total. The van der Waals surface area contributed by atoms with Gasteiger partial charge >= 0.3 is 0 Å². The third kappa shape index (κ3) is 5.24. The minimum atomic E-state index is -0.369. The summed E-state index contributed by atoms with van der Waals surface area (Å²) in [5, 5.41) is 2.74. The highest BCUT2D eigenvalue weighted by Gasteiger charge is 2.32. The Balaban J connectivity index is 1.42. The molecule has 4 heterocycles. The average Bonchev–Trinajstić information content (AvgIpc) is 3.30. The molecule has 0 bridgehead atoms. The van der Waals surface area contributed by atoms with Crippen LogP contribution in [-0.4, -0.2) is 56.5 Å². The second kappa shape index (κ2) is 9.89. The zero-order valence-corrected chi connectivity index (χ0v) is 18.6. The lowest BCUT2D eigenvalue weighted by molar-refractivity contribution is -0.148. The van der Waals surface area contributed by atoms with E-state index in [4.69, 9.17) is 0 Å². The number of nitrogens with one attached hydrogen (secondary N) is 1. The summed E-state index contributed by atoms with van der Waals surface area (Å²) in [4.78, 5) is 61.2. The first-order valence-electron chi connectivity index (χ1n) is 11.3. The van der Waals surface area contributed by atoms with Crippen molar-refractivity contribution in [3.8, 4) is 0 Å². The number of rotatable bonds is 6. The van der Waals surface area contributed by atoms with Crippen LogP contribution in [0.4, 0.5) is 5.82 Å². The standard InChI is InChI=1S/C24H27N5O4/c1-16-10-11-20(25-15-16)27-24(33)18-6-2-5-17(26-18)19-7-4-13-28(19)23(32)12-14-29-21(30)8-3-9-22(29)31/h2,5-6,10-11,15,19H,3-4,7-9,12-14H2,1H3,(H,25,27,33)/t19-/m0/s1. The molecular formula is C24H27N5O4. The predicted octanol–water partition coefficient (Wildman–Crippen LogP) is 2.63. The fourth-order valence-electron chi connectivity index (χ4n) is 4.26. The Hall–Kier alpha value is -3.62. The molecular weight excluding hydrogens is 422 g/mol. The molecule has 0 aliphatic carbocycles. The Morgan fingerprint density at radius 3 is 2.61 bits per heavy atom. The Kier molecular flexibility index (Phi) is 6.76. The number of amides is 4. The predicted molar refractivity (Wildman–Crippen MR) is 120 cm³/mol. The molecule has 0 spiro atoms. The largest absolute Gasteiger partial charge is 0.334 e. The van der Waals surface area contributed by atoms with Gasteiger partial charge in [0.05, 0.1) is 11.7 Å². The maximum atomic E-state index is 12.9. The highest BCUT2D eigenvalue weighted by atomic mass is 16.2. The van der Waals surface area contributed by atoms with Gasteiger partial charge in [-0.25, -0.2) is 9.97 Å². The first-order chi connectivity index (χ1) is 15.9. The second-order valence-electron chi connectivity index (χ2n) is 8.41. The van der Waals surface area contributed by atoms with E-state index in [0.717, 1.165) is 18.4 Å². The maximum absolute atomic E-state index is 12.9. The summed E-state index contributed by atoms with van der Waals surface area (Å²) in [6.07, 6.45) is 4.60. The van der Waals surface area contributed by atoms with E-state index < -0.39 is 0 Å². The summed E-state index contributed by atoms with van der Waals surface area (Å²) in [5.74, 6) is -0.464. The molecule has 0 radical (unpaired) electrons. The van der Waals surface area contributed by atoms with Gasteiger partial charge in [0.1, 0.15) is 11.5 Å². The van der Waals surface area contributed by atoms with Crippen molar-refractivity contribution in [2.75, 3.05) is 18.4 Å². The Labute approximate surface area is 192 Å². The van der Waals surface area contributed by atoms with Crippen molar-refractivity contribution < 1.29 is 19.2 Å². The van der Waals surface area contributed by atoms with Gasteiger partial charge in [-0.15, -0.1) is 0 Å². The van der Waals surface area contributed by atoms with Gasteiger partial charge in [0.2, 0.25) is 17.7 Å². The molecule has 172 valence electrons. The van der Waals surface area contributed by atoms with Gasteiger partial charge in [-0.05, 0) is 49.9 Å². The molecule has 2 aliphatic rings. The first-order valence-corrected chi connectivity index (χ1v) is 11.3. The molecule has 2 aromatic heterocycles. The zero-order valence-electron chi connectivity index (χ0n) is 18.6. The molecule has 0 aromatic carbocycles.